The number of nitrogens with two attached hydrogens (primary N) is 1. The lowest BCUT2D eigenvalue weighted by atomic mass is 10.3. The van der Waals surface area contributed by atoms with Crippen LogP contribution in [0.3, 0.4) is 0 Å². The second kappa shape index (κ2) is 7.74. The van der Waals surface area contributed by atoms with E-state index < -0.39 is 6.10 Å². The fraction of sp³-hybridized carbons (Fsp3) is 0.308. The van der Waals surface area contributed by atoms with Gasteiger partial charge in [-0.05, 0) is 25.1 Å². The van der Waals surface area contributed by atoms with E-state index in [1.807, 2.05) is 0 Å². The third-order valence-electron chi connectivity index (χ3n) is 2.18. The number of carbonyl (C=O) groups is 1. The zero-order valence-electron chi connectivity index (χ0n) is 10.2. The first-order chi connectivity index (χ1) is 8.63. The zero-order chi connectivity index (χ0) is 13.4. The lowest BCUT2D eigenvalue weighted by Crippen LogP contribution is -2.36. The predicted molar refractivity (Wildman–Crippen MR) is 72.7 cm³/mol. The minimum Gasteiger partial charge on any atom is -0.481 e. The Labute approximate surface area is 112 Å². The summed E-state index contributed by atoms with van der Waals surface area (Å²) in [6, 6.07) is 6.94. The molecule has 1 rings (SSSR count). The van der Waals surface area contributed by atoms with E-state index in [-0.39, 0.29) is 5.91 Å². The van der Waals surface area contributed by atoms with Gasteiger partial charge in [0.25, 0.3) is 5.91 Å². The number of nitrogens with one attached hydrogen (secondary N) is 1. The van der Waals surface area contributed by atoms with Crippen molar-refractivity contribution < 1.29 is 9.53 Å². The topological polar surface area (TPSA) is 64.3 Å². The molecular weight excluding hydrogens is 252 g/mol. The van der Waals surface area contributed by atoms with Gasteiger partial charge in [0, 0.05) is 18.1 Å². The second-order valence-corrected chi connectivity index (χ2v) is 4.11. The highest BCUT2D eigenvalue weighted by Gasteiger charge is 2.13. The largest absolute Gasteiger partial charge is 0.481 e. The smallest absolute Gasteiger partial charge is 0.261 e. The summed E-state index contributed by atoms with van der Waals surface area (Å²) in [5.74, 6) is 0.388. The van der Waals surface area contributed by atoms with Gasteiger partial charge in [0.05, 0.1) is 0 Å². The van der Waals surface area contributed by atoms with Crippen molar-refractivity contribution >= 4 is 17.5 Å². The number of amides is 1. The molecule has 18 heavy (non-hydrogen) atoms. The van der Waals surface area contributed by atoms with Gasteiger partial charge in [0.2, 0.25) is 0 Å². The molecule has 0 fully saturated rings. The van der Waals surface area contributed by atoms with Crippen LogP contribution in [0.1, 0.15) is 6.92 Å². The highest BCUT2D eigenvalue weighted by molar-refractivity contribution is 6.30. The molecule has 0 saturated heterocycles. The molecule has 1 amide bonds. The number of carbonyl (C=O) groups excluding carboxylic acids is 1. The maximum Gasteiger partial charge on any atom is 0.261 e. The first-order valence-corrected chi connectivity index (χ1v) is 6.06. The molecule has 1 atom stereocenters. The fourth-order valence-corrected chi connectivity index (χ4v) is 1.46. The molecule has 1 unspecified atom stereocenters. The molecule has 0 aliphatic heterocycles. The van der Waals surface area contributed by atoms with E-state index in [1.54, 1.807) is 43.3 Å². The van der Waals surface area contributed by atoms with Crippen LogP contribution in [0.4, 0.5) is 0 Å². The summed E-state index contributed by atoms with van der Waals surface area (Å²) in [5, 5.41) is 3.29. The van der Waals surface area contributed by atoms with E-state index in [0.29, 0.717) is 23.9 Å². The minimum absolute atomic E-state index is 0.184. The van der Waals surface area contributed by atoms with E-state index in [4.69, 9.17) is 22.1 Å². The van der Waals surface area contributed by atoms with Crippen molar-refractivity contribution in [3.8, 4) is 5.75 Å². The van der Waals surface area contributed by atoms with Crippen molar-refractivity contribution in [1.82, 2.24) is 5.32 Å². The van der Waals surface area contributed by atoms with Gasteiger partial charge < -0.3 is 15.8 Å². The molecule has 98 valence electrons. The van der Waals surface area contributed by atoms with Gasteiger partial charge in [-0.15, -0.1) is 0 Å². The number of ether oxygens (including phenoxy) is 1. The summed E-state index contributed by atoms with van der Waals surface area (Å²) in [7, 11) is 0. The Morgan fingerprint density at radius 1 is 1.56 bits per heavy atom. The second-order valence-electron chi connectivity index (χ2n) is 3.67. The standard InChI is InChI=1S/C13H17ClN2O2/c1-10(13(17)16-8-3-2-7-15)18-12-6-4-5-11(14)9-12/h2-6,9-10H,7-8,15H2,1H3,(H,16,17)/b3-2+. The summed E-state index contributed by atoms with van der Waals surface area (Å²) in [5.41, 5.74) is 5.28. The maximum atomic E-state index is 11.7. The summed E-state index contributed by atoms with van der Waals surface area (Å²) in [4.78, 5) is 11.7. The molecule has 5 heteroatoms. The Morgan fingerprint density at radius 2 is 2.33 bits per heavy atom. The summed E-state index contributed by atoms with van der Waals surface area (Å²) >= 11 is 5.82. The predicted octanol–water partition coefficient (Wildman–Crippen LogP) is 1.74. The Kier molecular flexibility index (Phi) is 6.25. The average molecular weight is 269 g/mol. The van der Waals surface area contributed by atoms with Crippen LogP contribution in [0, 0.1) is 0 Å². The molecule has 0 aliphatic rings. The van der Waals surface area contributed by atoms with Crippen molar-refractivity contribution in [1.29, 1.82) is 0 Å². The number of hydrogen-bond donors (Lipinski definition) is 2. The van der Waals surface area contributed by atoms with E-state index in [2.05, 4.69) is 5.32 Å². The van der Waals surface area contributed by atoms with Crippen LogP contribution in [-0.4, -0.2) is 25.1 Å². The molecule has 4 nitrogen and oxygen atoms in total. The van der Waals surface area contributed by atoms with Gasteiger partial charge in [0.1, 0.15) is 5.75 Å². The van der Waals surface area contributed by atoms with Crippen LogP contribution in [0.2, 0.25) is 5.02 Å². The van der Waals surface area contributed by atoms with Crippen molar-refractivity contribution in [3.05, 3.63) is 41.4 Å². The molecule has 0 bridgehead atoms. The average Bonchev–Trinajstić information content (AvgIpc) is 2.34. The summed E-state index contributed by atoms with van der Waals surface area (Å²) < 4.78 is 5.47. The van der Waals surface area contributed by atoms with E-state index >= 15 is 0 Å². The molecule has 0 aromatic heterocycles. The lowest BCUT2D eigenvalue weighted by Gasteiger charge is -2.14. The van der Waals surface area contributed by atoms with Crippen LogP contribution in [0.5, 0.6) is 5.75 Å². The normalized spacial score (nSPS) is 12.4. The summed E-state index contributed by atoms with van der Waals surface area (Å²) in [6.45, 7) is 2.59. The van der Waals surface area contributed by atoms with Gasteiger partial charge >= 0.3 is 0 Å². The highest BCUT2D eigenvalue weighted by Crippen LogP contribution is 2.18. The Morgan fingerprint density at radius 3 is 3.00 bits per heavy atom. The van der Waals surface area contributed by atoms with Crippen LogP contribution in [0.25, 0.3) is 0 Å². The first kappa shape index (κ1) is 14.5. The zero-order valence-corrected chi connectivity index (χ0v) is 11.0. The Hall–Kier alpha value is -1.52. The van der Waals surface area contributed by atoms with E-state index in [0.717, 1.165) is 0 Å². The summed E-state index contributed by atoms with van der Waals surface area (Å²) in [6.07, 6.45) is 3.00. The molecule has 3 N–H and O–H groups in total. The van der Waals surface area contributed by atoms with Crippen molar-refractivity contribution in [2.45, 2.75) is 13.0 Å². The number of benzene rings is 1. The molecule has 1 aromatic rings. The van der Waals surface area contributed by atoms with Crippen molar-refractivity contribution in [2.75, 3.05) is 13.1 Å². The number of halogens is 1. The molecule has 0 aliphatic carbocycles. The SMILES string of the molecule is CC(Oc1cccc(Cl)c1)C(=O)NC/C=C/CN. The number of rotatable bonds is 6. The molecule has 0 heterocycles. The fourth-order valence-electron chi connectivity index (χ4n) is 1.28. The Balaban J connectivity index is 2.42. The Bertz CT molecular complexity index is 421. The minimum atomic E-state index is -0.574. The van der Waals surface area contributed by atoms with Gasteiger partial charge in [-0.25, -0.2) is 0 Å². The lowest BCUT2D eigenvalue weighted by molar-refractivity contribution is -0.127. The third kappa shape index (κ3) is 5.21. The van der Waals surface area contributed by atoms with Gasteiger partial charge in [-0.3, -0.25) is 4.79 Å². The van der Waals surface area contributed by atoms with Crippen LogP contribution in [-0.2, 0) is 4.79 Å². The van der Waals surface area contributed by atoms with Crippen LogP contribution >= 0.6 is 11.6 Å². The van der Waals surface area contributed by atoms with Crippen LogP contribution < -0.4 is 15.8 Å². The molecule has 0 spiro atoms. The first-order valence-electron chi connectivity index (χ1n) is 5.68. The van der Waals surface area contributed by atoms with Crippen molar-refractivity contribution in [3.63, 3.8) is 0 Å². The number of hydrogen-bond acceptors (Lipinski definition) is 3. The van der Waals surface area contributed by atoms with Gasteiger partial charge in [-0.2, -0.15) is 0 Å². The molecule has 1 aromatic carbocycles. The monoisotopic (exact) mass is 268 g/mol. The molecule has 0 saturated carbocycles. The van der Waals surface area contributed by atoms with Gasteiger partial charge in [0.15, 0.2) is 6.10 Å². The quantitative estimate of drug-likeness (QED) is 0.773. The highest BCUT2D eigenvalue weighted by atomic mass is 35.5. The van der Waals surface area contributed by atoms with Gasteiger partial charge in [-0.1, -0.05) is 29.8 Å². The maximum absolute atomic E-state index is 11.7. The third-order valence-corrected chi connectivity index (χ3v) is 2.41. The van der Waals surface area contributed by atoms with E-state index in [1.165, 1.54) is 0 Å². The molecule has 0 radical (unpaired) electrons. The van der Waals surface area contributed by atoms with Crippen LogP contribution in [0.15, 0.2) is 36.4 Å². The van der Waals surface area contributed by atoms with Crippen molar-refractivity contribution in [2.24, 2.45) is 5.73 Å². The molecular formula is C13H17ClN2O2. The van der Waals surface area contributed by atoms with E-state index in [9.17, 15) is 4.79 Å².